The minimum absolute atomic E-state index is 0.0136. The maximum absolute atomic E-state index is 12.0. The number of carboxylic acid groups (broad SMARTS) is 1. The van der Waals surface area contributed by atoms with Crippen LogP contribution in [0.3, 0.4) is 0 Å². The predicted molar refractivity (Wildman–Crippen MR) is 87.3 cm³/mol. The lowest BCUT2D eigenvalue weighted by Gasteiger charge is -2.08. The number of hydrogen-bond donors (Lipinski definition) is 3. The summed E-state index contributed by atoms with van der Waals surface area (Å²) in [6, 6.07) is 10.7. The zero-order chi connectivity index (χ0) is 17.7. The average Bonchev–Trinajstić information content (AvgIpc) is 2.51. The van der Waals surface area contributed by atoms with Crippen molar-refractivity contribution >= 4 is 27.6 Å². The molecule has 24 heavy (non-hydrogen) atoms. The highest BCUT2D eigenvalue weighted by molar-refractivity contribution is 7.92. The maximum Gasteiger partial charge on any atom is 0.354 e. The van der Waals surface area contributed by atoms with Crippen LogP contribution in [-0.4, -0.2) is 36.6 Å². The van der Waals surface area contributed by atoms with E-state index in [-0.39, 0.29) is 17.9 Å². The molecule has 3 N–H and O–H groups in total. The molecule has 2 aromatic rings. The number of hydrogen-bond acceptors (Lipinski definition) is 5. The van der Waals surface area contributed by atoms with E-state index in [9.17, 15) is 18.0 Å². The van der Waals surface area contributed by atoms with Gasteiger partial charge in [-0.3, -0.25) is 9.52 Å². The molecule has 0 spiro atoms. The Morgan fingerprint density at radius 1 is 1.12 bits per heavy atom. The normalized spacial score (nSPS) is 10.9. The van der Waals surface area contributed by atoms with Gasteiger partial charge in [0.2, 0.25) is 10.0 Å². The lowest BCUT2D eigenvalue weighted by atomic mass is 10.2. The second kappa shape index (κ2) is 7.09. The molecule has 0 unspecified atom stereocenters. The highest BCUT2D eigenvalue weighted by atomic mass is 32.2. The van der Waals surface area contributed by atoms with Crippen molar-refractivity contribution in [3.63, 3.8) is 0 Å². The Morgan fingerprint density at radius 2 is 1.79 bits per heavy atom. The molecule has 8 nitrogen and oxygen atoms in total. The van der Waals surface area contributed by atoms with Crippen molar-refractivity contribution in [2.45, 2.75) is 6.54 Å². The van der Waals surface area contributed by atoms with Gasteiger partial charge in [0.05, 0.1) is 6.26 Å². The highest BCUT2D eigenvalue weighted by Gasteiger charge is 2.11. The molecule has 126 valence electrons. The molecule has 0 aliphatic carbocycles. The van der Waals surface area contributed by atoms with Gasteiger partial charge >= 0.3 is 5.97 Å². The van der Waals surface area contributed by atoms with E-state index < -0.39 is 21.9 Å². The molecule has 0 fully saturated rings. The van der Waals surface area contributed by atoms with Crippen molar-refractivity contribution in [2.75, 3.05) is 11.0 Å². The number of carboxylic acids is 1. The molecule has 0 saturated heterocycles. The monoisotopic (exact) mass is 349 g/mol. The fraction of sp³-hybridized carbons (Fsp3) is 0.133. The third kappa shape index (κ3) is 5.06. The molecular formula is C15H15N3O5S. The minimum atomic E-state index is -3.38. The van der Waals surface area contributed by atoms with E-state index in [1.54, 1.807) is 24.3 Å². The summed E-state index contributed by atoms with van der Waals surface area (Å²) in [4.78, 5) is 26.6. The van der Waals surface area contributed by atoms with Crippen molar-refractivity contribution in [3.8, 4) is 0 Å². The van der Waals surface area contributed by atoms with Crippen molar-refractivity contribution in [3.05, 3.63) is 59.4 Å². The number of aromatic nitrogens is 1. The minimum Gasteiger partial charge on any atom is -0.477 e. The number of anilines is 1. The number of rotatable bonds is 6. The number of nitrogens with one attached hydrogen (secondary N) is 2. The Hall–Kier alpha value is -2.94. The zero-order valence-corrected chi connectivity index (χ0v) is 13.5. The Morgan fingerprint density at radius 3 is 2.46 bits per heavy atom. The second-order valence-corrected chi connectivity index (χ2v) is 6.72. The molecule has 0 radical (unpaired) electrons. The molecule has 1 aromatic carbocycles. The van der Waals surface area contributed by atoms with Crippen LogP contribution in [0, 0.1) is 0 Å². The van der Waals surface area contributed by atoms with Crippen LogP contribution in [0.1, 0.15) is 26.5 Å². The van der Waals surface area contributed by atoms with E-state index in [2.05, 4.69) is 15.0 Å². The molecule has 0 aliphatic rings. The topological polar surface area (TPSA) is 125 Å². The molecule has 2 rings (SSSR count). The fourth-order valence-electron chi connectivity index (χ4n) is 1.91. The summed E-state index contributed by atoms with van der Waals surface area (Å²) < 4.78 is 24.8. The second-order valence-electron chi connectivity index (χ2n) is 4.97. The smallest absolute Gasteiger partial charge is 0.354 e. The number of nitrogens with zero attached hydrogens (tertiary/aromatic N) is 1. The van der Waals surface area contributed by atoms with Gasteiger partial charge < -0.3 is 10.4 Å². The van der Waals surface area contributed by atoms with Crippen LogP contribution in [0.2, 0.25) is 0 Å². The van der Waals surface area contributed by atoms with Crippen LogP contribution in [0.4, 0.5) is 5.69 Å². The maximum atomic E-state index is 12.0. The number of benzene rings is 1. The molecule has 1 aromatic heterocycles. The molecule has 0 aliphatic heterocycles. The van der Waals surface area contributed by atoms with Crippen LogP contribution in [0.15, 0.2) is 42.5 Å². The summed E-state index contributed by atoms with van der Waals surface area (Å²) >= 11 is 0. The van der Waals surface area contributed by atoms with Crippen molar-refractivity contribution < 1.29 is 23.1 Å². The number of amides is 1. The molecule has 9 heteroatoms. The van der Waals surface area contributed by atoms with Gasteiger partial charge in [-0.15, -0.1) is 0 Å². The van der Waals surface area contributed by atoms with Crippen LogP contribution in [0.25, 0.3) is 0 Å². The molecule has 0 bridgehead atoms. The number of carbonyl (C=O) groups excluding carboxylic acids is 1. The van der Waals surface area contributed by atoms with Gasteiger partial charge in [0.25, 0.3) is 5.91 Å². The summed E-state index contributed by atoms with van der Waals surface area (Å²) in [5, 5.41) is 11.5. The van der Waals surface area contributed by atoms with E-state index >= 15 is 0 Å². The summed E-state index contributed by atoms with van der Waals surface area (Å²) in [6.45, 7) is 0.136. The standard InChI is InChI=1S/C15H15N3O5S/c1-24(22,23)18-11-5-2-4-10(8-11)9-16-14(19)12-6-3-7-13(17-12)15(20)21/h2-8,18H,9H2,1H3,(H,16,19)(H,20,21). The van der Waals surface area contributed by atoms with Gasteiger partial charge in [-0.25, -0.2) is 18.2 Å². The number of sulfonamides is 1. The SMILES string of the molecule is CS(=O)(=O)Nc1cccc(CNC(=O)c2cccc(C(=O)O)n2)c1. The first-order valence-corrected chi connectivity index (χ1v) is 8.69. The Kier molecular flexibility index (Phi) is 5.14. The predicted octanol–water partition coefficient (Wildman–Crippen LogP) is 1.08. The third-order valence-electron chi connectivity index (χ3n) is 2.88. The summed E-state index contributed by atoms with van der Waals surface area (Å²) in [6.07, 6.45) is 1.04. The van der Waals surface area contributed by atoms with Gasteiger partial charge in [-0.1, -0.05) is 18.2 Å². The van der Waals surface area contributed by atoms with Crippen molar-refractivity contribution in [1.82, 2.24) is 10.3 Å². The molecular weight excluding hydrogens is 334 g/mol. The van der Waals surface area contributed by atoms with E-state index in [4.69, 9.17) is 5.11 Å². The molecule has 1 amide bonds. The zero-order valence-electron chi connectivity index (χ0n) is 12.7. The fourth-order valence-corrected chi connectivity index (χ4v) is 2.47. The molecule has 0 saturated carbocycles. The largest absolute Gasteiger partial charge is 0.477 e. The van der Waals surface area contributed by atoms with Gasteiger partial charge in [-0.2, -0.15) is 0 Å². The van der Waals surface area contributed by atoms with Crippen LogP contribution < -0.4 is 10.0 Å². The molecule has 0 atom stereocenters. The van der Waals surface area contributed by atoms with Crippen LogP contribution in [0.5, 0.6) is 0 Å². The van der Waals surface area contributed by atoms with Crippen LogP contribution >= 0.6 is 0 Å². The van der Waals surface area contributed by atoms with E-state index in [1.165, 1.54) is 18.2 Å². The first kappa shape index (κ1) is 17.4. The van der Waals surface area contributed by atoms with Gasteiger partial charge in [0, 0.05) is 12.2 Å². The number of carbonyl (C=O) groups is 2. The Labute approximate surface area is 138 Å². The first-order valence-electron chi connectivity index (χ1n) is 6.80. The lowest BCUT2D eigenvalue weighted by Crippen LogP contribution is -2.24. The summed E-state index contributed by atoms with van der Waals surface area (Å²) in [7, 11) is -3.38. The van der Waals surface area contributed by atoms with Crippen LogP contribution in [-0.2, 0) is 16.6 Å². The Balaban J connectivity index is 2.05. The van der Waals surface area contributed by atoms with Gasteiger partial charge in [0.15, 0.2) is 0 Å². The van der Waals surface area contributed by atoms with Gasteiger partial charge in [-0.05, 0) is 29.8 Å². The van der Waals surface area contributed by atoms with Crippen molar-refractivity contribution in [2.24, 2.45) is 0 Å². The lowest BCUT2D eigenvalue weighted by molar-refractivity contribution is 0.0690. The first-order chi connectivity index (χ1) is 11.2. The van der Waals surface area contributed by atoms with E-state index in [0.29, 0.717) is 11.3 Å². The summed E-state index contributed by atoms with van der Waals surface area (Å²) in [5.41, 5.74) is 0.823. The quantitative estimate of drug-likeness (QED) is 0.716. The third-order valence-corrected chi connectivity index (χ3v) is 3.49. The summed E-state index contributed by atoms with van der Waals surface area (Å²) in [5.74, 6) is -1.75. The van der Waals surface area contributed by atoms with Crippen molar-refractivity contribution in [1.29, 1.82) is 0 Å². The number of pyridine rings is 1. The average molecular weight is 349 g/mol. The molecule has 1 heterocycles. The van der Waals surface area contributed by atoms with E-state index in [0.717, 1.165) is 6.26 Å². The highest BCUT2D eigenvalue weighted by Crippen LogP contribution is 2.12. The van der Waals surface area contributed by atoms with E-state index in [1.807, 2.05) is 0 Å². The van der Waals surface area contributed by atoms with Gasteiger partial charge in [0.1, 0.15) is 11.4 Å². The Bertz CT molecular complexity index is 880. The number of aromatic carboxylic acids is 1.